The van der Waals surface area contributed by atoms with Crippen LogP contribution < -0.4 is 10.1 Å². The lowest BCUT2D eigenvalue weighted by Crippen LogP contribution is -2.19. The van der Waals surface area contributed by atoms with Crippen molar-refractivity contribution in [2.45, 2.75) is 52.2 Å². The van der Waals surface area contributed by atoms with Gasteiger partial charge in [-0.1, -0.05) is 30.3 Å². The van der Waals surface area contributed by atoms with Gasteiger partial charge in [0.2, 0.25) is 5.82 Å². The van der Waals surface area contributed by atoms with Crippen molar-refractivity contribution >= 4 is 15.9 Å². The van der Waals surface area contributed by atoms with Crippen LogP contribution in [0.25, 0.3) is 22.8 Å². The van der Waals surface area contributed by atoms with Crippen molar-refractivity contribution in [3.63, 3.8) is 0 Å². The number of halogens is 1. The maximum absolute atomic E-state index is 5.78. The number of fused-ring (bicyclic) bond motifs is 1. The topological polar surface area (TPSA) is 60.2 Å². The van der Waals surface area contributed by atoms with Crippen molar-refractivity contribution in [1.29, 1.82) is 0 Å². The van der Waals surface area contributed by atoms with Gasteiger partial charge in [0.1, 0.15) is 5.75 Å². The summed E-state index contributed by atoms with van der Waals surface area (Å²) in [4.78, 5) is 4.69. The molecule has 4 rings (SSSR count). The molecule has 1 N–H and O–H groups in total. The molecule has 1 atom stereocenters. The number of nitrogens with zero attached hydrogens (tertiary/aromatic N) is 2. The highest BCUT2D eigenvalue weighted by atomic mass is 79.9. The maximum atomic E-state index is 5.78. The van der Waals surface area contributed by atoms with Gasteiger partial charge in [0.15, 0.2) is 0 Å². The van der Waals surface area contributed by atoms with E-state index in [1.807, 2.05) is 32.0 Å². The molecule has 3 aromatic rings. The number of aromatic nitrogens is 2. The second kappa shape index (κ2) is 8.67. The third-order valence-electron chi connectivity index (χ3n) is 5.12. The Bertz CT molecular complexity index is 1000. The molecule has 0 spiro atoms. The zero-order valence-electron chi connectivity index (χ0n) is 17.0. The monoisotopic (exact) mass is 455 g/mol. The summed E-state index contributed by atoms with van der Waals surface area (Å²) < 4.78 is 12.2. The van der Waals surface area contributed by atoms with Crippen molar-refractivity contribution in [3.05, 3.63) is 52.0 Å². The van der Waals surface area contributed by atoms with Crippen LogP contribution in [0.5, 0.6) is 5.75 Å². The Morgan fingerprint density at radius 2 is 2.14 bits per heavy atom. The summed E-state index contributed by atoms with van der Waals surface area (Å²) >= 11 is 3.57. The fraction of sp³-hybridized carbons (Fsp3) is 0.391. The highest BCUT2D eigenvalue weighted by Crippen LogP contribution is 2.38. The number of rotatable bonds is 7. The van der Waals surface area contributed by atoms with E-state index in [-0.39, 0.29) is 6.10 Å². The summed E-state index contributed by atoms with van der Waals surface area (Å²) in [6, 6.07) is 12.6. The average molecular weight is 456 g/mol. The molecule has 1 heterocycles. The minimum absolute atomic E-state index is 0.114. The van der Waals surface area contributed by atoms with Crippen LogP contribution in [0.15, 0.2) is 45.4 Å². The normalized spacial score (nSPS) is 15.7. The molecule has 5 nitrogen and oxygen atoms in total. The Balaban J connectivity index is 1.61. The predicted octanol–water partition coefficient (Wildman–Crippen LogP) is 5.94. The second-order valence-corrected chi connectivity index (χ2v) is 8.51. The molecule has 0 radical (unpaired) electrons. The summed E-state index contributed by atoms with van der Waals surface area (Å²) in [5.74, 6) is 1.95. The Labute approximate surface area is 180 Å². The number of nitrogens with one attached hydrogen (secondary N) is 1. The Morgan fingerprint density at radius 1 is 1.28 bits per heavy atom. The smallest absolute Gasteiger partial charge is 0.258 e. The first kappa shape index (κ1) is 20.1. The molecule has 2 aromatic carbocycles. The van der Waals surface area contributed by atoms with Gasteiger partial charge in [-0.15, -0.1) is 0 Å². The zero-order chi connectivity index (χ0) is 20.4. The molecule has 6 heteroatoms. The maximum Gasteiger partial charge on any atom is 0.258 e. The van der Waals surface area contributed by atoms with Gasteiger partial charge >= 0.3 is 0 Å². The largest absolute Gasteiger partial charge is 0.490 e. The molecule has 0 fully saturated rings. The summed E-state index contributed by atoms with van der Waals surface area (Å²) in [6.45, 7) is 7.24. The second-order valence-electron chi connectivity index (χ2n) is 7.65. The summed E-state index contributed by atoms with van der Waals surface area (Å²) in [7, 11) is 0. The molecular weight excluding hydrogens is 430 g/mol. The van der Waals surface area contributed by atoms with E-state index in [9.17, 15) is 0 Å². The summed E-state index contributed by atoms with van der Waals surface area (Å²) in [6.07, 6.45) is 3.39. The molecular formula is C23H26BrN3O2. The van der Waals surface area contributed by atoms with Gasteiger partial charge in [-0.3, -0.25) is 0 Å². The standard InChI is InChI=1S/C23H26BrN3O2/c1-4-12-25-20-10-9-16-17(20)6-5-7-18(16)22-26-23(29-27-22)15-8-11-21(19(24)13-15)28-14(2)3/h5-8,11,13-14,20,25H,4,9-10,12H2,1-3H3/t20-/m1/s1. The van der Waals surface area contributed by atoms with Crippen molar-refractivity contribution < 1.29 is 9.26 Å². The molecule has 0 bridgehead atoms. The van der Waals surface area contributed by atoms with E-state index in [0.717, 1.165) is 47.2 Å². The van der Waals surface area contributed by atoms with Crippen molar-refractivity contribution in [2.24, 2.45) is 0 Å². The van der Waals surface area contributed by atoms with E-state index in [2.05, 4.69) is 56.5 Å². The van der Waals surface area contributed by atoms with Crippen molar-refractivity contribution in [3.8, 4) is 28.6 Å². The first-order valence-corrected chi connectivity index (χ1v) is 11.0. The number of hydrogen-bond acceptors (Lipinski definition) is 5. The van der Waals surface area contributed by atoms with E-state index < -0.39 is 0 Å². The van der Waals surface area contributed by atoms with E-state index in [1.165, 1.54) is 11.1 Å². The summed E-state index contributed by atoms with van der Waals surface area (Å²) in [5.41, 5.74) is 4.62. The van der Waals surface area contributed by atoms with Gasteiger partial charge < -0.3 is 14.6 Å². The molecule has 0 saturated carbocycles. The molecule has 1 aliphatic carbocycles. The highest BCUT2D eigenvalue weighted by molar-refractivity contribution is 9.10. The first-order valence-electron chi connectivity index (χ1n) is 10.2. The van der Waals surface area contributed by atoms with Crippen LogP contribution in [-0.4, -0.2) is 22.8 Å². The molecule has 0 aliphatic heterocycles. The lowest BCUT2D eigenvalue weighted by atomic mass is 10.0. The van der Waals surface area contributed by atoms with Crippen LogP contribution in [0.4, 0.5) is 0 Å². The van der Waals surface area contributed by atoms with E-state index in [4.69, 9.17) is 9.26 Å². The average Bonchev–Trinajstić information content (AvgIpc) is 3.35. The molecule has 0 unspecified atom stereocenters. The molecule has 0 amide bonds. The summed E-state index contributed by atoms with van der Waals surface area (Å²) in [5, 5.41) is 7.92. The third kappa shape index (κ3) is 4.23. The minimum atomic E-state index is 0.114. The van der Waals surface area contributed by atoms with Crippen LogP contribution in [0.1, 0.15) is 50.8 Å². The van der Waals surface area contributed by atoms with Crippen LogP contribution in [0.2, 0.25) is 0 Å². The van der Waals surface area contributed by atoms with Crippen LogP contribution >= 0.6 is 15.9 Å². The van der Waals surface area contributed by atoms with Gasteiger partial charge in [0, 0.05) is 17.2 Å². The molecule has 1 aliphatic rings. The Morgan fingerprint density at radius 3 is 2.90 bits per heavy atom. The number of ether oxygens (including phenoxy) is 1. The van der Waals surface area contributed by atoms with Gasteiger partial charge in [-0.25, -0.2) is 0 Å². The zero-order valence-corrected chi connectivity index (χ0v) is 18.6. The van der Waals surface area contributed by atoms with Crippen LogP contribution in [0, 0.1) is 0 Å². The van der Waals surface area contributed by atoms with Crippen LogP contribution in [0.3, 0.4) is 0 Å². The number of hydrogen-bond donors (Lipinski definition) is 1. The van der Waals surface area contributed by atoms with Gasteiger partial charge in [-0.05, 0) is 84.9 Å². The minimum Gasteiger partial charge on any atom is -0.490 e. The SMILES string of the molecule is CCCN[C@@H]1CCc2c(-c3noc(-c4ccc(OC(C)C)c(Br)c4)n3)cccc21. The third-order valence-corrected chi connectivity index (χ3v) is 5.74. The first-order chi connectivity index (χ1) is 14.1. The fourth-order valence-corrected chi connectivity index (χ4v) is 4.30. The lowest BCUT2D eigenvalue weighted by Gasteiger charge is -2.13. The quantitative estimate of drug-likeness (QED) is 0.477. The van der Waals surface area contributed by atoms with E-state index in [1.54, 1.807) is 0 Å². The van der Waals surface area contributed by atoms with Gasteiger partial charge in [-0.2, -0.15) is 4.98 Å². The van der Waals surface area contributed by atoms with E-state index >= 15 is 0 Å². The number of benzene rings is 2. The Kier molecular flexibility index (Phi) is 6.01. The highest BCUT2D eigenvalue weighted by Gasteiger charge is 2.26. The fourth-order valence-electron chi connectivity index (χ4n) is 3.83. The van der Waals surface area contributed by atoms with Gasteiger partial charge in [0.25, 0.3) is 5.89 Å². The van der Waals surface area contributed by atoms with Crippen LogP contribution in [-0.2, 0) is 6.42 Å². The van der Waals surface area contributed by atoms with Crippen molar-refractivity contribution in [1.82, 2.24) is 15.5 Å². The molecule has 1 aromatic heterocycles. The Hall–Kier alpha value is -2.18. The van der Waals surface area contributed by atoms with E-state index in [0.29, 0.717) is 17.8 Å². The van der Waals surface area contributed by atoms with Gasteiger partial charge in [0.05, 0.1) is 10.6 Å². The molecule has 152 valence electrons. The molecule has 29 heavy (non-hydrogen) atoms. The predicted molar refractivity (Wildman–Crippen MR) is 118 cm³/mol. The molecule has 0 saturated heterocycles. The van der Waals surface area contributed by atoms with Crippen molar-refractivity contribution in [2.75, 3.05) is 6.54 Å². The lowest BCUT2D eigenvalue weighted by molar-refractivity contribution is 0.241.